The molecule has 0 bridgehead atoms. The largest absolute Gasteiger partial charge is 0.411 e. The molecule has 0 aliphatic carbocycles. The van der Waals surface area contributed by atoms with Crippen molar-refractivity contribution in [3.63, 3.8) is 0 Å². The minimum absolute atomic E-state index is 0.336. The third-order valence-electron chi connectivity index (χ3n) is 1.34. The van der Waals surface area contributed by atoms with Gasteiger partial charge in [0.05, 0.1) is 0 Å². The fourth-order valence-corrected chi connectivity index (χ4v) is 0.476. The topological polar surface area (TPSA) is 26.3 Å². The fourth-order valence-electron chi connectivity index (χ4n) is 0.476. The van der Waals surface area contributed by atoms with E-state index in [1.165, 1.54) is 0 Å². The average molecular weight is 198 g/mol. The Bertz CT molecular complexity index is 179. The molecule has 0 saturated carbocycles. The molecule has 13 heavy (non-hydrogen) atoms. The zero-order valence-corrected chi connectivity index (χ0v) is 7.86. The number of alkyl halides is 3. The van der Waals surface area contributed by atoms with Crippen molar-refractivity contribution in [2.45, 2.75) is 26.9 Å². The average Bonchev–Trinajstić information content (AvgIpc) is 1.82. The van der Waals surface area contributed by atoms with E-state index in [9.17, 15) is 18.0 Å². The van der Waals surface area contributed by atoms with Crippen LogP contribution in [0.5, 0.6) is 0 Å². The van der Waals surface area contributed by atoms with Crippen LogP contribution >= 0.6 is 0 Å². The van der Waals surface area contributed by atoms with Crippen LogP contribution in [0.1, 0.15) is 20.8 Å². The smallest absolute Gasteiger partial charge is 0.364 e. The predicted molar refractivity (Wildman–Crippen MR) is 41.3 cm³/mol. The van der Waals surface area contributed by atoms with Gasteiger partial charge >= 0.3 is 6.18 Å². The molecule has 0 unspecified atom stereocenters. The Balaban J connectivity index is 3.74. The molecule has 0 fully saturated rings. The van der Waals surface area contributed by atoms with Gasteiger partial charge in [-0.1, -0.05) is 20.8 Å². The lowest BCUT2D eigenvalue weighted by Gasteiger charge is -2.16. The van der Waals surface area contributed by atoms with E-state index in [0.717, 1.165) is 0 Å². The molecule has 0 amide bonds. The zero-order chi connectivity index (χ0) is 10.7. The number of rotatable bonds is 3. The minimum atomic E-state index is -4.36. The zero-order valence-electron chi connectivity index (χ0n) is 7.86. The molecule has 5 heteroatoms. The SMILES string of the molecule is CC(C)(C)C(=O)COCC(F)(F)F. The molecular weight excluding hydrogens is 185 g/mol. The summed E-state index contributed by atoms with van der Waals surface area (Å²) in [7, 11) is 0. The van der Waals surface area contributed by atoms with Crippen LogP contribution in [-0.2, 0) is 9.53 Å². The second-order valence-corrected chi connectivity index (χ2v) is 3.78. The van der Waals surface area contributed by atoms with E-state index < -0.39 is 24.8 Å². The molecule has 0 N–H and O–H groups in total. The van der Waals surface area contributed by atoms with Crippen molar-refractivity contribution in [2.24, 2.45) is 5.41 Å². The Labute approximate surface area is 75.1 Å². The van der Waals surface area contributed by atoms with Crippen molar-refractivity contribution in [3.8, 4) is 0 Å². The Hall–Kier alpha value is -0.580. The standard InChI is InChI=1S/C8H13F3O2/c1-7(2,3)6(12)4-13-5-8(9,10)11/h4-5H2,1-3H3. The van der Waals surface area contributed by atoms with Gasteiger partial charge in [0.15, 0.2) is 5.78 Å². The molecule has 0 atom stereocenters. The molecule has 0 spiro atoms. The maximum absolute atomic E-state index is 11.6. The summed E-state index contributed by atoms with van der Waals surface area (Å²) >= 11 is 0. The first-order valence-corrected chi connectivity index (χ1v) is 3.81. The normalized spacial score (nSPS) is 13.1. The molecule has 0 rings (SSSR count). The first kappa shape index (κ1) is 12.4. The molecule has 0 aromatic heterocycles. The van der Waals surface area contributed by atoms with E-state index in [2.05, 4.69) is 4.74 Å². The number of ether oxygens (including phenoxy) is 1. The number of carbonyl (C=O) groups excluding carboxylic acids is 1. The summed E-state index contributed by atoms with van der Waals surface area (Å²) in [5.41, 5.74) is -0.647. The van der Waals surface area contributed by atoms with Crippen LogP contribution in [-0.4, -0.2) is 25.2 Å². The number of hydrogen-bond donors (Lipinski definition) is 0. The molecule has 2 nitrogen and oxygen atoms in total. The summed E-state index contributed by atoms with van der Waals surface area (Å²) in [5.74, 6) is -0.336. The van der Waals surface area contributed by atoms with Crippen molar-refractivity contribution in [2.75, 3.05) is 13.2 Å². The summed E-state index contributed by atoms with van der Waals surface area (Å²) in [6.45, 7) is 3.04. The summed E-state index contributed by atoms with van der Waals surface area (Å²) in [5, 5.41) is 0. The lowest BCUT2D eigenvalue weighted by atomic mass is 9.91. The van der Waals surface area contributed by atoms with Crippen molar-refractivity contribution in [1.82, 2.24) is 0 Å². The van der Waals surface area contributed by atoms with E-state index in [1.807, 2.05) is 0 Å². The first-order valence-electron chi connectivity index (χ1n) is 3.81. The van der Waals surface area contributed by atoms with E-state index in [0.29, 0.717) is 0 Å². The number of ketones is 1. The molecule has 78 valence electrons. The Morgan fingerprint density at radius 3 is 2.00 bits per heavy atom. The lowest BCUT2D eigenvalue weighted by molar-refractivity contribution is -0.176. The third-order valence-corrected chi connectivity index (χ3v) is 1.34. The third kappa shape index (κ3) is 6.57. The molecule has 0 saturated heterocycles. The Morgan fingerprint density at radius 1 is 1.23 bits per heavy atom. The van der Waals surface area contributed by atoms with Gasteiger partial charge in [-0.25, -0.2) is 0 Å². The van der Waals surface area contributed by atoms with Gasteiger partial charge in [0, 0.05) is 5.41 Å². The highest BCUT2D eigenvalue weighted by Crippen LogP contribution is 2.17. The number of carbonyl (C=O) groups is 1. The van der Waals surface area contributed by atoms with Gasteiger partial charge in [0.2, 0.25) is 0 Å². The first-order chi connectivity index (χ1) is 5.63. The van der Waals surface area contributed by atoms with Crippen LogP contribution in [0, 0.1) is 5.41 Å². The summed E-state index contributed by atoms with van der Waals surface area (Å²) < 4.78 is 38.9. The lowest BCUT2D eigenvalue weighted by Crippen LogP contribution is -2.27. The van der Waals surface area contributed by atoms with Gasteiger partial charge in [-0.3, -0.25) is 4.79 Å². The van der Waals surface area contributed by atoms with Gasteiger partial charge < -0.3 is 4.74 Å². The van der Waals surface area contributed by atoms with Crippen LogP contribution < -0.4 is 0 Å². The van der Waals surface area contributed by atoms with E-state index in [4.69, 9.17) is 0 Å². The van der Waals surface area contributed by atoms with Gasteiger partial charge in [0.1, 0.15) is 13.2 Å². The Morgan fingerprint density at radius 2 is 1.69 bits per heavy atom. The molecule has 0 heterocycles. The van der Waals surface area contributed by atoms with E-state index in [1.54, 1.807) is 20.8 Å². The fraction of sp³-hybridized carbons (Fsp3) is 0.875. The second kappa shape index (κ2) is 4.09. The molecule has 0 aliphatic rings. The highest BCUT2D eigenvalue weighted by Gasteiger charge is 2.29. The Kier molecular flexibility index (Phi) is 3.90. The monoisotopic (exact) mass is 198 g/mol. The maximum Gasteiger partial charge on any atom is 0.411 e. The minimum Gasteiger partial charge on any atom is -0.364 e. The van der Waals surface area contributed by atoms with Gasteiger partial charge in [-0.05, 0) is 0 Å². The number of Topliss-reactive ketones (excluding diaryl/α,β-unsaturated/α-hetero) is 1. The molecular formula is C8H13F3O2. The van der Waals surface area contributed by atoms with Crippen LogP contribution in [0.15, 0.2) is 0 Å². The van der Waals surface area contributed by atoms with Crippen LogP contribution in [0.3, 0.4) is 0 Å². The summed E-state index contributed by atoms with van der Waals surface area (Å²) in [6, 6.07) is 0. The molecule has 0 aromatic carbocycles. The van der Waals surface area contributed by atoms with Crippen molar-refractivity contribution in [1.29, 1.82) is 0 Å². The number of halogens is 3. The summed E-state index contributed by atoms with van der Waals surface area (Å²) in [6.07, 6.45) is -4.36. The predicted octanol–water partition coefficient (Wildman–Crippen LogP) is 2.18. The molecule has 0 radical (unpaired) electrons. The second-order valence-electron chi connectivity index (χ2n) is 3.78. The van der Waals surface area contributed by atoms with Crippen molar-refractivity contribution in [3.05, 3.63) is 0 Å². The molecule has 0 aliphatic heterocycles. The van der Waals surface area contributed by atoms with Crippen molar-refractivity contribution >= 4 is 5.78 Å². The van der Waals surface area contributed by atoms with Crippen LogP contribution in [0.2, 0.25) is 0 Å². The van der Waals surface area contributed by atoms with Gasteiger partial charge in [0.25, 0.3) is 0 Å². The number of hydrogen-bond acceptors (Lipinski definition) is 2. The van der Waals surface area contributed by atoms with Crippen LogP contribution in [0.4, 0.5) is 13.2 Å². The summed E-state index contributed by atoms with van der Waals surface area (Å²) in [4.78, 5) is 11.1. The van der Waals surface area contributed by atoms with Crippen LogP contribution in [0.25, 0.3) is 0 Å². The highest BCUT2D eigenvalue weighted by molar-refractivity contribution is 5.84. The van der Waals surface area contributed by atoms with E-state index >= 15 is 0 Å². The van der Waals surface area contributed by atoms with Gasteiger partial charge in [-0.15, -0.1) is 0 Å². The molecule has 0 aromatic rings. The highest BCUT2D eigenvalue weighted by atomic mass is 19.4. The van der Waals surface area contributed by atoms with E-state index in [-0.39, 0.29) is 5.78 Å². The van der Waals surface area contributed by atoms with Gasteiger partial charge in [-0.2, -0.15) is 13.2 Å². The van der Waals surface area contributed by atoms with Crippen molar-refractivity contribution < 1.29 is 22.7 Å². The quantitative estimate of drug-likeness (QED) is 0.694. The maximum atomic E-state index is 11.6.